The van der Waals surface area contributed by atoms with Gasteiger partial charge in [0.15, 0.2) is 0 Å². The first-order valence-corrected chi connectivity index (χ1v) is 7.76. The summed E-state index contributed by atoms with van der Waals surface area (Å²) in [5.74, 6) is 1.12. The van der Waals surface area contributed by atoms with Crippen LogP contribution >= 0.6 is 0 Å². The molecule has 4 nitrogen and oxygen atoms in total. The van der Waals surface area contributed by atoms with Crippen molar-refractivity contribution in [2.75, 3.05) is 7.05 Å². The number of carbonyl (C=O) groups is 1. The standard InChI is InChI=1S/C17H26N2O2/c1-4-12(2)14-7-5-6-8-15(14)21-13-9-10-17(11-13,19-3)16(18)20/h5-8,12-13,19H,4,9-11H2,1-3H3,(H2,18,20). The molecule has 0 saturated heterocycles. The van der Waals surface area contributed by atoms with Crippen LogP contribution in [0.1, 0.15) is 51.0 Å². The lowest BCUT2D eigenvalue weighted by Gasteiger charge is -2.25. The van der Waals surface area contributed by atoms with Gasteiger partial charge in [0.2, 0.25) is 5.91 Å². The molecule has 0 radical (unpaired) electrons. The zero-order valence-electron chi connectivity index (χ0n) is 13.2. The molecule has 1 fully saturated rings. The average molecular weight is 290 g/mol. The van der Waals surface area contributed by atoms with E-state index in [0.29, 0.717) is 12.3 Å². The highest BCUT2D eigenvalue weighted by atomic mass is 16.5. The van der Waals surface area contributed by atoms with Gasteiger partial charge in [-0.1, -0.05) is 32.0 Å². The SMILES string of the molecule is CCC(C)c1ccccc1OC1CCC(NC)(C(N)=O)C1. The summed E-state index contributed by atoms with van der Waals surface area (Å²) in [6.07, 6.45) is 3.32. The van der Waals surface area contributed by atoms with Gasteiger partial charge in [-0.3, -0.25) is 4.79 Å². The van der Waals surface area contributed by atoms with E-state index in [1.54, 1.807) is 7.05 Å². The highest BCUT2D eigenvalue weighted by Crippen LogP contribution is 2.35. The molecule has 1 aliphatic carbocycles. The van der Waals surface area contributed by atoms with Crippen LogP contribution in [0.5, 0.6) is 5.75 Å². The number of nitrogens with two attached hydrogens (primary N) is 1. The fraction of sp³-hybridized carbons (Fsp3) is 0.588. The number of rotatable bonds is 6. The average Bonchev–Trinajstić information content (AvgIpc) is 2.92. The van der Waals surface area contributed by atoms with Crippen molar-refractivity contribution in [3.8, 4) is 5.75 Å². The second kappa shape index (κ2) is 6.48. The van der Waals surface area contributed by atoms with E-state index in [4.69, 9.17) is 10.5 Å². The van der Waals surface area contributed by atoms with Crippen LogP contribution in [0.2, 0.25) is 0 Å². The van der Waals surface area contributed by atoms with Crippen molar-refractivity contribution >= 4 is 5.91 Å². The Kier molecular flexibility index (Phi) is 4.88. The van der Waals surface area contributed by atoms with Crippen LogP contribution in [-0.4, -0.2) is 24.6 Å². The first kappa shape index (κ1) is 15.8. The number of nitrogens with one attached hydrogen (secondary N) is 1. The second-order valence-corrected chi connectivity index (χ2v) is 6.03. The molecule has 2 rings (SSSR count). The number of primary amides is 1. The van der Waals surface area contributed by atoms with Gasteiger partial charge in [-0.2, -0.15) is 0 Å². The minimum absolute atomic E-state index is 0.0372. The zero-order valence-corrected chi connectivity index (χ0v) is 13.2. The summed E-state index contributed by atoms with van der Waals surface area (Å²) in [5, 5.41) is 3.09. The van der Waals surface area contributed by atoms with E-state index in [2.05, 4.69) is 25.2 Å². The molecule has 0 aliphatic heterocycles. The van der Waals surface area contributed by atoms with Crippen LogP contribution < -0.4 is 15.8 Å². The Hall–Kier alpha value is -1.55. The summed E-state index contributed by atoms with van der Waals surface area (Å²) in [4.78, 5) is 11.7. The second-order valence-electron chi connectivity index (χ2n) is 6.03. The third kappa shape index (κ3) is 3.21. The van der Waals surface area contributed by atoms with Gasteiger partial charge in [-0.25, -0.2) is 0 Å². The topological polar surface area (TPSA) is 64.3 Å². The lowest BCUT2D eigenvalue weighted by molar-refractivity contribution is -0.124. The van der Waals surface area contributed by atoms with E-state index >= 15 is 0 Å². The van der Waals surface area contributed by atoms with E-state index in [0.717, 1.165) is 25.0 Å². The number of para-hydroxylation sites is 1. The van der Waals surface area contributed by atoms with E-state index in [1.165, 1.54) is 5.56 Å². The summed E-state index contributed by atoms with van der Waals surface area (Å²) in [6.45, 7) is 4.38. The predicted molar refractivity (Wildman–Crippen MR) is 84.4 cm³/mol. The molecule has 3 atom stereocenters. The van der Waals surface area contributed by atoms with Gasteiger partial charge in [-0.15, -0.1) is 0 Å². The molecule has 21 heavy (non-hydrogen) atoms. The summed E-state index contributed by atoms with van der Waals surface area (Å²) in [5.41, 5.74) is 6.16. The minimum atomic E-state index is -0.615. The number of benzene rings is 1. The smallest absolute Gasteiger partial charge is 0.237 e. The Morgan fingerprint density at radius 3 is 2.81 bits per heavy atom. The maximum absolute atomic E-state index is 11.7. The number of amides is 1. The van der Waals surface area contributed by atoms with Gasteiger partial charge in [-0.05, 0) is 43.9 Å². The Labute approximate surface area is 127 Å². The first-order chi connectivity index (χ1) is 10.0. The fourth-order valence-electron chi connectivity index (χ4n) is 3.07. The van der Waals surface area contributed by atoms with Crippen molar-refractivity contribution in [1.29, 1.82) is 0 Å². The highest BCUT2D eigenvalue weighted by Gasteiger charge is 2.44. The molecular formula is C17H26N2O2. The van der Waals surface area contributed by atoms with Crippen molar-refractivity contribution in [2.24, 2.45) is 5.73 Å². The van der Waals surface area contributed by atoms with Gasteiger partial charge in [0.25, 0.3) is 0 Å². The molecular weight excluding hydrogens is 264 g/mol. The predicted octanol–water partition coefficient (Wildman–Crippen LogP) is 2.57. The normalized spacial score (nSPS) is 26.5. The quantitative estimate of drug-likeness (QED) is 0.846. The third-order valence-electron chi connectivity index (χ3n) is 4.78. The van der Waals surface area contributed by atoms with Gasteiger partial charge in [0.05, 0.1) is 0 Å². The number of hydrogen-bond acceptors (Lipinski definition) is 3. The number of ether oxygens (including phenoxy) is 1. The van der Waals surface area contributed by atoms with E-state index in [9.17, 15) is 4.79 Å². The van der Waals surface area contributed by atoms with Gasteiger partial charge >= 0.3 is 0 Å². The maximum Gasteiger partial charge on any atom is 0.237 e. The van der Waals surface area contributed by atoms with Crippen molar-refractivity contribution in [2.45, 2.75) is 57.1 Å². The van der Waals surface area contributed by atoms with E-state index < -0.39 is 5.54 Å². The molecule has 1 aromatic carbocycles. The van der Waals surface area contributed by atoms with Crippen LogP contribution in [0.4, 0.5) is 0 Å². The van der Waals surface area contributed by atoms with Crippen molar-refractivity contribution in [1.82, 2.24) is 5.32 Å². The largest absolute Gasteiger partial charge is 0.490 e. The molecule has 1 aromatic rings. The van der Waals surface area contributed by atoms with E-state index in [1.807, 2.05) is 18.2 Å². The summed E-state index contributed by atoms with van der Waals surface area (Å²) >= 11 is 0. The molecule has 0 heterocycles. The fourth-order valence-corrected chi connectivity index (χ4v) is 3.07. The Morgan fingerprint density at radius 2 is 2.24 bits per heavy atom. The molecule has 0 aromatic heterocycles. The molecule has 0 bridgehead atoms. The monoisotopic (exact) mass is 290 g/mol. The number of likely N-dealkylation sites (N-methyl/N-ethyl adjacent to an activating group) is 1. The van der Waals surface area contributed by atoms with Gasteiger partial charge in [0.1, 0.15) is 17.4 Å². The minimum Gasteiger partial charge on any atom is -0.490 e. The Bertz CT molecular complexity index is 503. The molecule has 116 valence electrons. The van der Waals surface area contributed by atoms with Gasteiger partial charge in [0, 0.05) is 6.42 Å². The molecule has 0 spiro atoms. The van der Waals surface area contributed by atoms with Crippen molar-refractivity contribution < 1.29 is 9.53 Å². The maximum atomic E-state index is 11.7. The number of hydrogen-bond donors (Lipinski definition) is 2. The van der Waals surface area contributed by atoms with Crippen LogP contribution in [0, 0.1) is 0 Å². The highest BCUT2D eigenvalue weighted by molar-refractivity contribution is 5.85. The molecule has 3 N–H and O–H groups in total. The lowest BCUT2D eigenvalue weighted by atomic mass is 9.97. The van der Waals surface area contributed by atoms with Crippen LogP contribution in [0.25, 0.3) is 0 Å². The molecule has 1 saturated carbocycles. The Balaban J connectivity index is 2.12. The molecule has 4 heteroatoms. The van der Waals surface area contributed by atoms with Gasteiger partial charge < -0.3 is 15.8 Å². The molecule has 3 unspecified atom stereocenters. The van der Waals surface area contributed by atoms with Crippen LogP contribution in [0.3, 0.4) is 0 Å². The van der Waals surface area contributed by atoms with E-state index in [-0.39, 0.29) is 12.0 Å². The first-order valence-electron chi connectivity index (χ1n) is 7.76. The van der Waals surface area contributed by atoms with Crippen molar-refractivity contribution in [3.05, 3.63) is 29.8 Å². The summed E-state index contributed by atoms with van der Waals surface area (Å²) < 4.78 is 6.19. The lowest BCUT2D eigenvalue weighted by Crippen LogP contribution is -2.52. The van der Waals surface area contributed by atoms with Crippen LogP contribution in [-0.2, 0) is 4.79 Å². The molecule has 1 aliphatic rings. The van der Waals surface area contributed by atoms with Crippen molar-refractivity contribution in [3.63, 3.8) is 0 Å². The Morgan fingerprint density at radius 1 is 1.52 bits per heavy atom. The van der Waals surface area contributed by atoms with Crippen LogP contribution in [0.15, 0.2) is 24.3 Å². The molecule has 1 amide bonds. The summed E-state index contributed by atoms with van der Waals surface area (Å²) in [7, 11) is 1.79. The third-order valence-corrected chi connectivity index (χ3v) is 4.78. The zero-order chi connectivity index (χ0) is 15.5. The number of carbonyl (C=O) groups excluding carboxylic acids is 1. The summed E-state index contributed by atoms with van der Waals surface area (Å²) in [6, 6.07) is 8.18.